The third kappa shape index (κ3) is 1.86. The van der Waals surface area contributed by atoms with E-state index in [2.05, 4.69) is 4.90 Å². The largest absolute Gasteiger partial charge is 0.322 e. The maximum atomic E-state index is 12.6. The molecule has 2 fully saturated rings. The zero-order valence-electron chi connectivity index (χ0n) is 8.14. The van der Waals surface area contributed by atoms with Gasteiger partial charge >= 0.3 is 0 Å². The number of hydrogen-bond donors (Lipinski definition) is 1. The molecule has 1 heterocycles. The lowest BCUT2D eigenvalue weighted by molar-refractivity contribution is 0.218. The molecule has 0 spiro atoms. The van der Waals surface area contributed by atoms with Crippen LogP contribution in [0, 0.1) is 0 Å². The third-order valence-electron chi connectivity index (χ3n) is 3.52. The van der Waals surface area contributed by atoms with Gasteiger partial charge in [-0.25, -0.2) is 4.39 Å². The molecule has 2 aliphatic rings. The van der Waals surface area contributed by atoms with Crippen molar-refractivity contribution in [2.24, 2.45) is 5.73 Å². The fourth-order valence-electron chi connectivity index (χ4n) is 2.62. The van der Waals surface area contributed by atoms with Crippen molar-refractivity contribution in [2.75, 3.05) is 19.8 Å². The molecule has 1 unspecified atom stereocenters. The van der Waals surface area contributed by atoms with Crippen molar-refractivity contribution in [2.45, 2.75) is 43.7 Å². The molecular formula is C10H19FN2. The summed E-state index contributed by atoms with van der Waals surface area (Å²) in [6.45, 7) is 1.41. The van der Waals surface area contributed by atoms with Crippen molar-refractivity contribution in [1.82, 2.24) is 4.90 Å². The van der Waals surface area contributed by atoms with Crippen molar-refractivity contribution in [3.63, 3.8) is 0 Å². The van der Waals surface area contributed by atoms with E-state index in [0.29, 0.717) is 6.04 Å². The molecule has 0 amide bonds. The highest BCUT2D eigenvalue weighted by Gasteiger charge is 2.37. The monoisotopic (exact) mass is 186 g/mol. The Morgan fingerprint density at radius 3 is 2.62 bits per heavy atom. The number of hydrogen-bond acceptors (Lipinski definition) is 2. The standard InChI is InChI=1S/C10H19FN2/c11-7-10(12)5-6-13(8-10)9-3-1-2-4-9/h9H,1-8,12H2. The molecule has 1 saturated carbocycles. The van der Waals surface area contributed by atoms with Gasteiger partial charge < -0.3 is 5.73 Å². The first-order chi connectivity index (χ1) is 6.23. The van der Waals surface area contributed by atoms with Crippen molar-refractivity contribution in [1.29, 1.82) is 0 Å². The van der Waals surface area contributed by atoms with Gasteiger partial charge in [-0.15, -0.1) is 0 Å². The average Bonchev–Trinajstić information content (AvgIpc) is 2.73. The Bertz CT molecular complexity index is 180. The van der Waals surface area contributed by atoms with Gasteiger partial charge in [-0.1, -0.05) is 12.8 Å². The van der Waals surface area contributed by atoms with Crippen LogP contribution in [0.15, 0.2) is 0 Å². The van der Waals surface area contributed by atoms with E-state index in [9.17, 15) is 4.39 Å². The molecule has 2 N–H and O–H groups in total. The summed E-state index contributed by atoms with van der Waals surface area (Å²) in [6, 6.07) is 0.706. The molecular weight excluding hydrogens is 167 g/mol. The zero-order chi connectivity index (χ0) is 9.31. The molecule has 2 nitrogen and oxygen atoms in total. The minimum absolute atomic E-state index is 0.365. The highest BCUT2D eigenvalue weighted by molar-refractivity contribution is 4.96. The second-order valence-corrected chi connectivity index (χ2v) is 4.65. The van der Waals surface area contributed by atoms with Crippen molar-refractivity contribution >= 4 is 0 Å². The van der Waals surface area contributed by atoms with Gasteiger partial charge in [0.05, 0.1) is 5.54 Å². The number of nitrogens with two attached hydrogens (primary N) is 1. The molecule has 3 heteroatoms. The van der Waals surface area contributed by atoms with Crippen LogP contribution in [0.4, 0.5) is 4.39 Å². The highest BCUT2D eigenvalue weighted by Crippen LogP contribution is 2.29. The average molecular weight is 186 g/mol. The topological polar surface area (TPSA) is 29.3 Å². The number of rotatable bonds is 2. The summed E-state index contributed by atoms with van der Waals surface area (Å²) in [5.74, 6) is 0. The van der Waals surface area contributed by atoms with E-state index >= 15 is 0 Å². The summed E-state index contributed by atoms with van der Waals surface area (Å²) in [7, 11) is 0. The van der Waals surface area contributed by atoms with Crippen molar-refractivity contribution in [3.8, 4) is 0 Å². The Hall–Kier alpha value is -0.150. The first kappa shape index (κ1) is 9.41. The summed E-state index contributed by atoms with van der Waals surface area (Å²) >= 11 is 0. The van der Waals surface area contributed by atoms with Crippen molar-refractivity contribution < 1.29 is 4.39 Å². The number of likely N-dealkylation sites (tertiary alicyclic amines) is 1. The normalized spacial score (nSPS) is 37.4. The van der Waals surface area contributed by atoms with Gasteiger partial charge in [0.1, 0.15) is 6.67 Å². The van der Waals surface area contributed by atoms with Crippen LogP contribution in [0.1, 0.15) is 32.1 Å². The number of alkyl halides is 1. The van der Waals surface area contributed by atoms with E-state index in [1.165, 1.54) is 25.7 Å². The van der Waals surface area contributed by atoms with Gasteiger partial charge in [-0.05, 0) is 19.3 Å². The van der Waals surface area contributed by atoms with Gasteiger partial charge in [0.15, 0.2) is 0 Å². The van der Waals surface area contributed by atoms with Crippen LogP contribution in [-0.2, 0) is 0 Å². The molecule has 13 heavy (non-hydrogen) atoms. The summed E-state index contributed by atoms with van der Waals surface area (Å²) in [4.78, 5) is 2.40. The first-order valence-corrected chi connectivity index (χ1v) is 5.32. The second-order valence-electron chi connectivity index (χ2n) is 4.65. The molecule has 0 aromatic carbocycles. The van der Waals surface area contributed by atoms with E-state index in [1.807, 2.05) is 0 Å². The van der Waals surface area contributed by atoms with E-state index in [0.717, 1.165) is 19.5 Å². The van der Waals surface area contributed by atoms with E-state index < -0.39 is 5.54 Å². The molecule has 76 valence electrons. The maximum Gasteiger partial charge on any atom is 0.109 e. The van der Waals surface area contributed by atoms with Crippen LogP contribution in [0.25, 0.3) is 0 Å². The molecule has 0 aromatic heterocycles. The summed E-state index contributed by atoms with van der Waals surface area (Å²) in [5, 5.41) is 0. The van der Waals surface area contributed by atoms with Gasteiger partial charge in [0.25, 0.3) is 0 Å². The molecule has 0 bridgehead atoms. The fourth-order valence-corrected chi connectivity index (χ4v) is 2.62. The van der Waals surface area contributed by atoms with Crippen LogP contribution in [-0.4, -0.2) is 36.2 Å². The predicted octanol–water partition coefficient (Wildman–Crippen LogP) is 1.30. The van der Waals surface area contributed by atoms with Gasteiger partial charge in [0.2, 0.25) is 0 Å². The summed E-state index contributed by atoms with van der Waals surface area (Å²) < 4.78 is 12.6. The minimum Gasteiger partial charge on any atom is -0.322 e. The summed E-state index contributed by atoms with van der Waals surface area (Å²) in [5.41, 5.74) is 5.37. The van der Waals surface area contributed by atoms with E-state index in [1.54, 1.807) is 0 Å². The number of halogens is 1. The predicted molar refractivity (Wildman–Crippen MR) is 51.3 cm³/mol. The fraction of sp³-hybridized carbons (Fsp3) is 1.00. The van der Waals surface area contributed by atoms with Gasteiger partial charge in [-0.2, -0.15) is 0 Å². The Morgan fingerprint density at radius 1 is 1.38 bits per heavy atom. The molecule has 1 atom stereocenters. The Morgan fingerprint density at radius 2 is 2.08 bits per heavy atom. The van der Waals surface area contributed by atoms with Crippen LogP contribution >= 0.6 is 0 Å². The van der Waals surface area contributed by atoms with Crippen molar-refractivity contribution in [3.05, 3.63) is 0 Å². The minimum atomic E-state index is -0.525. The first-order valence-electron chi connectivity index (χ1n) is 5.32. The molecule has 1 aliphatic heterocycles. The summed E-state index contributed by atoms with van der Waals surface area (Å²) in [6.07, 6.45) is 6.10. The van der Waals surface area contributed by atoms with E-state index in [-0.39, 0.29) is 6.67 Å². The van der Waals surface area contributed by atoms with Gasteiger partial charge in [-0.3, -0.25) is 4.90 Å². The highest BCUT2D eigenvalue weighted by atomic mass is 19.1. The number of nitrogens with zero attached hydrogens (tertiary/aromatic N) is 1. The Labute approximate surface area is 79.3 Å². The SMILES string of the molecule is NC1(CF)CCN(C2CCCC2)C1. The molecule has 1 aliphatic carbocycles. The molecule has 2 rings (SSSR count). The van der Waals surface area contributed by atoms with Crippen LogP contribution in [0.5, 0.6) is 0 Å². The molecule has 0 aromatic rings. The van der Waals surface area contributed by atoms with E-state index in [4.69, 9.17) is 5.73 Å². The van der Waals surface area contributed by atoms with Crippen LogP contribution in [0.2, 0.25) is 0 Å². The molecule has 1 saturated heterocycles. The Balaban J connectivity index is 1.90. The lowest BCUT2D eigenvalue weighted by Gasteiger charge is -2.25. The molecule has 0 radical (unpaired) electrons. The van der Waals surface area contributed by atoms with Crippen LogP contribution in [0.3, 0.4) is 0 Å². The van der Waals surface area contributed by atoms with Gasteiger partial charge in [0, 0.05) is 19.1 Å². The third-order valence-corrected chi connectivity index (χ3v) is 3.52. The lowest BCUT2D eigenvalue weighted by atomic mass is 10.0. The van der Waals surface area contributed by atoms with Crippen LogP contribution < -0.4 is 5.73 Å². The zero-order valence-corrected chi connectivity index (χ0v) is 8.14. The Kier molecular flexibility index (Phi) is 2.56. The smallest absolute Gasteiger partial charge is 0.109 e. The quantitative estimate of drug-likeness (QED) is 0.704. The maximum absolute atomic E-state index is 12.6. The second kappa shape index (κ2) is 3.54. The lowest BCUT2D eigenvalue weighted by Crippen LogP contribution is -2.46.